The predicted molar refractivity (Wildman–Crippen MR) is 52.6 cm³/mol. The molecule has 1 heterocycles. The number of aromatic amines is 2. The van der Waals surface area contributed by atoms with Crippen LogP contribution in [0.5, 0.6) is 0 Å². The molecule has 0 aliphatic heterocycles. The molecule has 2 amide bonds. The Bertz CT molecular complexity index is 500. The number of urea groups is 1. The molecule has 1 aromatic heterocycles. The molecule has 80 valence electrons. The predicted octanol–water partition coefficient (Wildman–Crippen LogP) is -1.79. The lowest BCUT2D eigenvalue weighted by atomic mass is 10.3. The summed E-state index contributed by atoms with van der Waals surface area (Å²) in [6.45, 7) is 3.46. The summed E-state index contributed by atoms with van der Waals surface area (Å²) in [6, 6.07) is -0.822. The number of aromatic nitrogens is 2. The number of hydrogen-bond donors (Lipinski definition) is 5. The molecule has 0 radical (unpaired) electrons. The summed E-state index contributed by atoms with van der Waals surface area (Å²) < 4.78 is 0. The number of carbonyl (C=O) groups excluding carboxylic acids is 1. The number of hydrazine groups is 1. The SMILES string of the molecule is C=C(NNC(N)=O)c1c[nH]c(=O)[nH]c1=O. The Labute approximate surface area is 83.2 Å². The van der Waals surface area contributed by atoms with Crippen molar-refractivity contribution < 1.29 is 4.79 Å². The van der Waals surface area contributed by atoms with E-state index in [-0.39, 0.29) is 11.3 Å². The van der Waals surface area contributed by atoms with E-state index < -0.39 is 17.3 Å². The van der Waals surface area contributed by atoms with Crippen molar-refractivity contribution in [1.29, 1.82) is 0 Å². The van der Waals surface area contributed by atoms with Gasteiger partial charge in [-0.15, -0.1) is 0 Å². The maximum Gasteiger partial charge on any atom is 0.330 e. The van der Waals surface area contributed by atoms with E-state index in [9.17, 15) is 14.4 Å². The van der Waals surface area contributed by atoms with Gasteiger partial charge < -0.3 is 10.7 Å². The van der Waals surface area contributed by atoms with Crippen molar-refractivity contribution in [3.05, 3.63) is 39.2 Å². The smallest absolute Gasteiger partial charge is 0.330 e. The van der Waals surface area contributed by atoms with E-state index in [0.717, 1.165) is 0 Å². The number of carbonyl (C=O) groups is 1. The Balaban J connectivity index is 2.88. The molecule has 8 nitrogen and oxygen atoms in total. The van der Waals surface area contributed by atoms with E-state index in [0.29, 0.717) is 0 Å². The van der Waals surface area contributed by atoms with Gasteiger partial charge in [0.15, 0.2) is 0 Å². The van der Waals surface area contributed by atoms with E-state index in [1.165, 1.54) is 6.20 Å². The van der Waals surface area contributed by atoms with Gasteiger partial charge >= 0.3 is 11.7 Å². The van der Waals surface area contributed by atoms with Crippen LogP contribution in [0.4, 0.5) is 4.79 Å². The first-order chi connectivity index (χ1) is 7.00. The lowest BCUT2D eigenvalue weighted by molar-refractivity contribution is 0.247. The minimum Gasteiger partial charge on any atom is -0.350 e. The average molecular weight is 211 g/mol. The number of rotatable bonds is 3. The maximum atomic E-state index is 11.2. The standard InChI is InChI=1S/C7H9N5O3/c1-3(11-12-6(8)14)4-2-9-7(15)10-5(4)13/h2,11H,1H2,(H3,8,12,14)(H2,9,10,13,15). The molecule has 0 atom stereocenters. The first kappa shape index (κ1) is 10.6. The second-order valence-corrected chi connectivity index (χ2v) is 2.58. The molecule has 0 aliphatic rings. The van der Waals surface area contributed by atoms with E-state index in [1.54, 1.807) is 0 Å². The molecule has 0 aliphatic carbocycles. The zero-order valence-electron chi connectivity index (χ0n) is 7.59. The number of amides is 2. The van der Waals surface area contributed by atoms with E-state index >= 15 is 0 Å². The summed E-state index contributed by atoms with van der Waals surface area (Å²) in [5.74, 6) is 0. The Morgan fingerprint density at radius 3 is 2.60 bits per heavy atom. The summed E-state index contributed by atoms with van der Waals surface area (Å²) in [5, 5.41) is 0. The lowest BCUT2D eigenvalue weighted by Crippen LogP contribution is -2.40. The molecule has 0 aromatic carbocycles. The van der Waals surface area contributed by atoms with Gasteiger partial charge in [-0.05, 0) is 0 Å². The van der Waals surface area contributed by atoms with Crippen LogP contribution < -0.4 is 27.8 Å². The van der Waals surface area contributed by atoms with Gasteiger partial charge in [-0.1, -0.05) is 6.58 Å². The van der Waals surface area contributed by atoms with Crippen molar-refractivity contribution in [1.82, 2.24) is 20.8 Å². The van der Waals surface area contributed by atoms with Crippen LogP contribution in [-0.4, -0.2) is 16.0 Å². The fraction of sp³-hybridized carbons (Fsp3) is 0. The molecule has 0 saturated carbocycles. The van der Waals surface area contributed by atoms with Crippen molar-refractivity contribution in [3.8, 4) is 0 Å². The Hall–Kier alpha value is -2.51. The molecule has 0 saturated heterocycles. The van der Waals surface area contributed by atoms with Gasteiger partial charge in [0, 0.05) is 6.20 Å². The maximum absolute atomic E-state index is 11.2. The van der Waals surface area contributed by atoms with Crippen molar-refractivity contribution in [2.24, 2.45) is 5.73 Å². The zero-order chi connectivity index (χ0) is 11.4. The van der Waals surface area contributed by atoms with E-state index in [2.05, 4.69) is 17.0 Å². The zero-order valence-corrected chi connectivity index (χ0v) is 7.59. The van der Waals surface area contributed by atoms with Gasteiger partial charge in [0.25, 0.3) is 5.56 Å². The molecule has 1 rings (SSSR count). The topological polar surface area (TPSA) is 133 Å². The first-order valence-corrected chi connectivity index (χ1v) is 3.83. The number of H-pyrrole nitrogens is 2. The fourth-order valence-electron chi connectivity index (χ4n) is 0.838. The van der Waals surface area contributed by atoms with Crippen molar-refractivity contribution in [2.75, 3.05) is 0 Å². The first-order valence-electron chi connectivity index (χ1n) is 3.83. The average Bonchev–Trinajstić information content (AvgIpc) is 2.14. The normalized spacial score (nSPS) is 9.33. The Morgan fingerprint density at radius 2 is 2.07 bits per heavy atom. The van der Waals surface area contributed by atoms with Gasteiger partial charge in [-0.3, -0.25) is 20.6 Å². The minimum absolute atomic E-state index is 0.0864. The highest BCUT2D eigenvalue weighted by atomic mass is 16.2. The lowest BCUT2D eigenvalue weighted by Gasteiger charge is -2.07. The molecule has 6 N–H and O–H groups in total. The van der Waals surface area contributed by atoms with Crippen molar-refractivity contribution >= 4 is 11.7 Å². The third-order valence-corrected chi connectivity index (χ3v) is 1.48. The van der Waals surface area contributed by atoms with Crippen molar-refractivity contribution in [2.45, 2.75) is 0 Å². The van der Waals surface area contributed by atoms with Crippen LogP contribution in [0.1, 0.15) is 5.56 Å². The Kier molecular flexibility index (Phi) is 2.91. The van der Waals surface area contributed by atoms with Crippen LogP contribution >= 0.6 is 0 Å². The van der Waals surface area contributed by atoms with Crippen LogP contribution in [0, 0.1) is 0 Å². The van der Waals surface area contributed by atoms with Crippen LogP contribution in [0.25, 0.3) is 5.70 Å². The third-order valence-electron chi connectivity index (χ3n) is 1.48. The minimum atomic E-state index is -0.822. The molecular formula is C7H9N5O3. The number of hydrogen-bond acceptors (Lipinski definition) is 4. The summed E-state index contributed by atoms with van der Waals surface area (Å²) >= 11 is 0. The van der Waals surface area contributed by atoms with Gasteiger partial charge in [-0.25, -0.2) is 9.59 Å². The summed E-state index contributed by atoms with van der Waals surface area (Å²) in [4.78, 5) is 36.5. The number of primary amides is 1. The molecule has 0 unspecified atom stereocenters. The molecule has 0 bridgehead atoms. The van der Waals surface area contributed by atoms with Gasteiger partial charge in [-0.2, -0.15) is 0 Å². The van der Waals surface area contributed by atoms with Gasteiger partial charge in [0.2, 0.25) is 0 Å². The highest BCUT2D eigenvalue weighted by Crippen LogP contribution is 1.97. The molecule has 1 aromatic rings. The molecular weight excluding hydrogens is 202 g/mol. The van der Waals surface area contributed by atoms with Gasteiger partial charge in [0.1, 0.15) is 0 Å². The molecule has 8 heteroatoms. The third kappa shape index (κ3) is 2.72. The largest absolute Gasteiger partial charge is 0.350 e. The second-order valence-electron chi connectivity index (χ2n) is 2.58. The fourth-order valence-corrected chi connectivity index (χ4v) is 0.838. The quantitative estimate of drug-likeness (QED) is 0.377. The van der Waals surface area contributed by atoms with Crippen LogP contribution in [0.15, 0.2) is 22.4 Å². The monoisotopic (exact) mass is 211 g/mol. The van der Waals surface area contributed by atoms with Crippen LogP contribution in [-0.2, 0) is 0 Å². The highest BCUT2D eigenvalue weighted by Gasteiger charge is 2.04. The number of nitrogens with one attached hydrogen (secondary N) is 4. The van der Waals surface area contributed by atoms with Crippen molar-refractivity contribution in [3.63, 3.8) is 0 Å². The van der Waals surface area contributed by atoms with Crippen LogP contribution in [0.2, 0.25) is 0 Å². The molecule has 15 heavy (non-hydrogen) atoms. The van der Waals surface area contributed by atoms with E-state index in [1.807, 2.05) is 10.4 Å². The van der Waals surface area contributed by atoms with Crippen LogP contribution in [0.3, 0.4) is 0 Å². The number of nitrogens with two attached hydrogens (primary N) is 1. The summed E-state index contributed by atoms with van der Waals surface area (Å²) in [5.41, 5.74) is 8.05. The Morgan fingerprint density at radius 1 is 1.40 bits per heavy atom. The van der Waals surface area contributed by atoms with Gasteiger partial charge in [0.05, 0.1) is 11.3 Å². The summed E-state index contributed by atoms with van der Waals surface area (Å²) in [7, 11) is 0. The summed E-state index contributed by atoms with van der Waals surface area (Å²) in [6.07, 6.45) is 1.17. The van der Waals surface area contributed by atoms with E-state index in [4.69, 9.17) is 5.73 Å². The highest BCUT2D eigenvalue weighted by molar-refractivity contribution is 5.73. The molecule has 0 spiro atoms. The second kappa shape index (κ2) is 4.13. The molecule has 0 fully saturated rings.